The number of amidine groups is 1. The number of aromatic nitrogens is 1. The molecule has 0 unspecified atom stereocenters. The van der Waals surface area contributed by atoms with Gasteiger partial charge in [0.05, 0.1) is 10.9 Å². The molecule has 3 rings (SSSR count). The van der Waals surface area contributed by atoms with Crippen molar-refractivity contribution in [3.63, 3.8) is 0 Å². The molecule has 0 aliphatic carbocycles. The molecule has 0 atom stereocenters. The lowest BCUT2D eigenvalue weighted by atomic mass is 10.1. The maximum absolute atomic E-state index is 14.0. The van der Waals surface area contributed by atoms with E-state index >= 15 is 0 Å². The van der Waals surface area contributed by atoms with Crippen LogP contribution in [0.3, 0.4) is 0 Å². The molecule has 0 spiro atoms. The van der Waals surface area contributed by atoms with Crippen molar-refractivity contribution in [2.45, 2.75) is 13.5 Å². The van der Waals surface area contributed by atoms with E-state index in [1.807, 2.05) is 24.3 Å². The Kier molecular flexibility index (Phi) is 7.16. The fraction of sp³-hybridized carbons (Fsp3) is 0.100. The Labute approximate surface area is 168 Å². The third kappa shape index (κ3) is 4.96. The van der Waals surface area contributed by atoms with Gasteiger partial charge in [-0.2, -0.15) is 0 Å². The van der Waals surface area contributed by atoms with Crippen molar-refractivity contribution >= 4 is 35.5 Å². The molecular weight excluding hydrogens is 388 g/mol. The van der Waals surface area contributed by atoms with Crippen molar-refractivity contribution < 1.29 is 9.13 Å². The van der Waals surface area contributed by atoms with Gasteiger partial charge in [-0.3, -0.25) is 10.4 Å². The minimum atomic E-state index is -0.413. The van der Waals surface area contributed by atoms with Crippen LogP contribution in [0.15, 0.2) is 60.8 Å². The van der Waals surface area contributed by atoms with E-state index in [1.54, 1.807) is 37.4 Å². The summed E-state index contributed by atoms with van der Waals surface area (Å²) in [6.45, 7) is 1.65. The van der Waals surface area contributed by atoms with Gasteiger partial charge in [-0.15, -0.1) is 12.4 Å². The fourth-order valence-electron chi connectivity index (χ4n) is 2.53. The lowest BCUT2D eigenvalue weighted by Crippen LogP contribution is -2.07. The zero-order valence-electron chi connectivity index (χ0n) is 14.5. The molecule has 0 radical (unpaired) electrons. The van der Waals surface area contributed by atoms with Crippen LogP contribution < -0.4 is 10.1 Å². The molecule has 0 amide bonds. The number of rotatable bonds is 5. The summed E-state index contributed by atoms with van der Waals surface area (Å²) in [4.78, 5) is 4.41. The zero-order valence-corrected chi connectivity index (χ0v) is 16.1. The topological polar surface area (TPSA) is 58.0 Å². The van der Waals surface area contributed by atoms with Gasteiger partial charge >= 0.3 is 0 Å². The molecule has 2 aromatic carbocycles. The highest BCUT2D eigenvalue weighted by molar-refractivity contribution is 6.31. The van der Waals surface area contributed by atoms with E-state index in [9.17, 15) is 4.39 Å². The van der Waals surface area contributed by atoms with Crippen LogP contribution in [-0.2, 0) is 6.61 Å². The summed E-state index contributed by atoms with van der Waals surface area (Å²) in [6.07, 6.45) is 1.66. The van der Waals surface area contributed by atoms with Crippen LogP contribution >= 0.6 is 24.0 Å². The van der Waals surface area contributed by atoms with Crippen molar-refractivity contribution in [1.29, 1.82) is 5.41 Å². The van der Waals surface area contributed by atoms with Crippen molar-refractivity contribution in [3.05, 3.63) is 77.2 Å². The van der Waals surface area contributed by atoms with Gasteiger partial charge in [0.2, 0.25) is 0 Å². The van der Waals surface area contributed by atoms with Crippen LogP contribution in [0.5, 0.6) is 5.75 Å². The van der Waals surface area contributed by atoms with Crippen molar-refractivity contribution in [1.82, 2.24) is 4.98 Å². The molecule has 0 aliphatic heterocycles. The summed E-state index contributed by atoms with van der Waals surface area (Å²) in [5, 5.41) is 11.0. The summed E-state index contributed by atoms with van der Waals surface area (Å²) in [5.41, 5.74) is 2.43. The Hall–Kier alpha value is -2.63. The Balaban J connectivity index is 0.00000261. The van der Waals surface area contributed by atoms with Crippen LogP contribution in [-0.4, -0.2) is 10.8 Å². The number of nitrogens with zero attached hydrogens (tertiary/aromatic N) is 1. The highest BCUT2D eigenvalue weighted by Crippen LogP contribution is 2.34. The Morgan fingerprint density at radius 2 is 1.93 bits per heavy atom. The van der Waals surface area contributed by atoms with Gasteiger partial charge in [0, 0.05) is 23.0 Å². The third-order valence-electron chi connectivity index (χ3n) is 3.71. The second kappa shape index (κ2) is 9.35. The Bertz CT molecular complexity index is 930. The van der Waals surface area contributed by atoms with E-state index in [1.165, 1.54) is 6.07 Å². The number of hydrogen-bond donors (Lipinski definition) is 2. The predicted octanol–water partition coefficient (Wildman–Crippen LogP) is 5.95. The van der Waals surface area contributed by atoms with Crippen LogP contribution in [0.25, 0.3) is 11.3 Å². The summed E-state index contributed by atoms with van der Waals surface area (Å²) in [6, 6.07) is 15.5. The molecule has 7 heteroatoms. The molecule has 0 fully saturated rings. The van der Waals surface area contributed by atoms with Crippen molar-refractivity contribution in [2.24, 2.45) is 0 Å². The molecule has 0 aliphatic rings. The summed E-state index contributed by atoms with van der Waals surface area (Å²) >= 11 is 6.07. The average Bonchev–Trinajstić information content (AvgIpc) is 2.62. The Morgan fingerprint density at radius 3 is 2.67 bits per heavy atom. The van der Waals surface area contributed by atoms with Gasteiger partial charge < -0.3 is 10.1 Å². The number of pyridine rings is 1. The summed E-state index contributed by atoms with van der Waals surface area (Å²) in [5.74, 6) is 0.405. The Morgan fingerprint density at radius 1 is 1.15 bits per heavy atom. The molecule has 140 valence electrons. The van der Waals surface area contributed by atoms with E-state index in [0.29, 0.717) is 27.9 Å². The van der Waals surface area contributed by atoms with E-state index in [-0.39, 0.29) is 19.0 Å². The van der Waals surface area contributed by atoms with Gasteiger partial charge in [0.15, 0.2) is 0 Å². The molecular formula is C20H18Cl2FN3O. The summed E-state index contributed by atoms with van der Waals surface area (Å²) in [7, 11) is 0. The normalized spacial score (nSPS) is 10.0. The highest BCUT2D eigenvalue weighted by Gasteiger charge is 2.14. The highest BCUT2D eigenvalue weighted by atomic mass is 35.5. The SMILES string of the molecule is CC(=N)Nc1ccccc1-c1ncccc1OCc1c(F)cccc1Cl.Cl. The number of anilines is 1. The lowest BCUT2D eigenvalue weighted by molar-refractivity contribution is 0.300. The van der Waals surface area contributed by atoms with Crippen molar-refractivity contribution in [2.75, 3.05) is 5.32 Å². The number of halogens is 3. The fourth-order valence-corrected chi connectivity index (χ4v) is 2.75. The van der Waals surface area contributed by atoms with Gasteiger partial charge in [0.1, 0.15) is 23.9 Å². The minimum Gasteiger partial charge on any atom is -0.486 e. The van der Waals surface area contributed by atoms with E-state index < -0.39 is 5.82 Å². The van der Waals surface area contributed by atoms with Crippen LogP contribution in [0.1, 0.15) is 12.5 Å². The van der Waals surface area contributed by atoms with Gasteiger partial charge in [-0.1, -0.05) is 35.9 Å². The molecule has 3 aromatic rings. The van der Waals surface area contributed by atoms with Crippen molar-refractivity contribution in [3.8, 4) is 17.0 Å². The smallest absolute Gasteiger partial charge is 0.146 e. The standard InChI is InChI=1S/C20H17ClFN3O.ClH/c1-13(23)25-18-9-3-2-6-14(18)20-19(10-5-11-24-20)26-12-15-16(21)7-4-8-17(15)22;/h2-11H,12H2,1H3,(H2,23,25);1H. The molecule has 0 saturated carbocycles. The number of nitrogens with one attached hydrogen (secondary N) is 2. The maximum atomic E-state index is 14.0. The molecule has 1 aromatic heterocycles. The van der Waals surface area contributed by atoms with Crippen LogP contribution in [0, 0.1) is 11.2 Å². The first-order valence-corrected chi connectivity index (χ1v) is 8.36. The number of ether oxygens (including phenoxy) is 1. The van der Waals surface area contributed by atoms with Gasteiger partial charge in [0.25, 0.3) is 0 Å². The van der Waals surface area contributed by atoms with Crippen LogP contribution in [0.4, 0.5) is 10.1 Å². The predicted molar refractivity (Wildman–Crippen MR) is 110 cm³/mol. The maximum Gasteiger partial charge on any atom is 0.146 e. The van der Waals surface area contributed by atoms with Gasteiger partial charge in [-0.05, 0) is 37.3 Å². The zero-order chi connectivity index (χ0) is 18.5. The first-order valence-electron chi connectivity index (χ1n) is 7.98. The van der Waals surface area contributed by atoms with E-state index in [4.69, 9.17) is 21.7 Å². The second-order valence-electron chi connectivity index (χ2n) is 5.63. The van der Waals surface area contributed by atoms with E-state index in [0.717, 1.165) is 11.3 Å². The largest absolute Gasteiger partial charge is 0.486 e. The molecule has 1 heterocycles. The average molecular weight is 406 g/mol. The minimum absolute atomic E-state index is 0. The lowest BCUT2D eigenvalue weighted by Gasteiger charge is -2.15. The second-order valence-corrected chi connectivity index (χ2v) is 6.04. The number of para-hydroxylation sites is 1. The van der Waals surface area contributed by atoms with E-state index in [2.05, 4.69) is 10.3 Å². The first kappa shape index (κ1) is 20.7. The first-order chi connectivity index (χ1) is 12.6. The van der Waals surface area contributed by atoms with Crippen LogP contribution in [0.2, 0.25) is 5.02 Å². The molecule has 27 heavy (non-hydrogen) atoms. The summed E-state index contributed by atoms with van der Waals surface area (Å²) < 4.78 is 19.8. The third-order valence-corrected chi connectivity index (χ3v) is 4.06. The number of benzene rings is 2. The molecule has 0 saturated heterocycles. The number of hydrogen-bond acceptors (Lipinski definition) is 3. The molecule has 4 nitrogen and oxygen atoms in total. The molecule has 2 N–H and O–H groups in total. The van der Waals surface area contributed by atoms with Gasteiger partial charge in [-0.25, -0.2) is 4.39 Å². The monoisotopic (exact) mass is 405 g/mol. The quantitative estimate of drug-likeness (QED) is 0.407. The molecule has 0 bridgehead atoms.